The van der Waals surface area contributed by atoms with E-state index >= 15 is 0 Å². The molecule has 0 atom stereocenters. The minimum Gasteiger partial charge on any atom is -0.446 e. The van der Waals surface area contributed by atoms with Crippen LogP contribution in [0.4, 0.5) is 4.79 Å². The summed E-state index contributed by atoms with van der Waals surface area (Å²) in [5.74, 6) is 0. The van der Waals surface area contributed by atoms with Crippen molar-refractivity contribution in [3.63, 3.8) is 0 Å². The first-order valence-electron chi connectivity index (χ1n) is 5.95. The van der Waals surface area contributed by atoms with Crippen LogP contribution in [0, 0.1) is 0 Å². The van der Waals surface area contributed by atoms with Crippen LogP contribution in [0.2, 0.25) is 0 Å². The molecule has 4 nitrogen and oxygen atoms in total. The lowest BCUT2D eigenvalue weighted by molar-refractivity contribution is 0.0798. The zero-order chi connectivity index (χ0) is 12.4. The van der Waals surface area contributed by atoms with Crippen LogP contribution in [-0.2, 0) is 4.74 Å². The maximum Gasteiger partial charge on any atom is 0.407 e. The highest BCUT2D eigenvalue weighted by Gasteiger charge is 2.16. The molecule has 0 aromatic carbocycles. The van der Waals surface area contributed by atoms with Gasteiger partial charge in [-0.1, -0.05) is 0 Å². The first-order valence-corrected chi connectivity index (χ1v) is 3.95. The van der Waals surface area contributed by atoms with Crippen LogP contribution in [0.1, 0.15) is 25.2 Å². The molecule has 1 rings (SSSR count). The quantitative estimate of drug-likeness (QED) is 0.643. The predicted octanol–water partition coefficient (Wildman–Crippen LogP) is 0.484. The number of carbonyl (C=O) groups is 1. The van der Waals surface area contributed by atoms with Gasteiger partial charge in [-0.2, -0.15) is 0 Å². The van der Waals surface area contributed by atoms with Gasteiger partial charge in [-0.25, -0.2) is 4.79 Å². The largest absolute Gasteiger partial charge is 0.446 e. The molecule has 2 N–H and O–H groups in total. The Morgan fingerprint density at radius 3 is 3.00 bits per heavy atom. The molecule has 1 fully saturated rings. The third kappa shape index (κ3) is 3.09. The molecular formula is C8H16N2O2. The Kier molecular flexibility index (Phi) is 2.10. The number of carbonyl (C=O) groups excluding carboxylic acids is 1. The van der Waals surface area contributed by atoms with E-state index in [1.54, 1.807) is 6.92 Å². The van der Waals surface area contributed by atoms with Crippen molar-refractivity contribution in [3.05, 3.63) is 0 Å². The Balaban J connectivity index is 2.75. The normalized spacial score (nSPS) is 32.1. The fourth-order valence-corrected chi connectivity index (χ4v) is 0.841. The van der Waals surface area contributed by atoms with Crippen molar-refractivity contribution < 1.29 is 15.0 Å². The van der Waals surface area contributed by atoms with E-state index in [9.17, 15) is 4.79 Å². The topological polar surface area (TPSA) is 50.4 Å². The van der Waals surface area contributed by atoms with Crippen molar-refractivity contribution in [2.45, 2.75) is 25.8 Å². The average Bonchev–Trinajstić information content (AvgIpc) is 2.11. The predicted molar refractivity (Wildman–Crippen MR) is 46.0 cm³/mol. The molecule has 1 heterocycles. The molecule has 0 saturated carbocycles. The maximum atomic E-state index is 11.2. The minimum atomic E-state index is -1.91. The molecule has 1 aliphatic rings. The van der Waals surface area contributed by atoms with Gasteiger partial charge in [0.25, 0.3) is 0 Å². The first-order chi connectivity index (χ1) is 7.29. The molecule has 70 valence electrons. The lowest BCUT2D eigenvalue weighted by atomic mass is 10.1. The lowest BCUT2D eigenvalue weighted by Gasteiger charge is -2.22. The van der Waals surface area contributed by atoms with Crippen LogP contribution >= 0.6 is 0 Å². The molecule has 0 aliphatic carbocycles. The summed E-state index contributed by atoms with van der Waals surface area (Å²) in [6.07, 6.45) is -6.01. The standard InChI is InChI=1S/C8H16N2O2/c1-2-10-8(11)12-7-3-5-9-6-4-7/h7,9H,2-6H2,1H3,(H,10,11)/i3D2,4D2. The minimum absolute atomic E-state index is 0.0312. The highest BCUT2D eigenvalue weighted by molar-refractivity contribution is 5.67. The first kappa shape index (κ1) is 5.07. The molecule has 4 heteroatoms. The van der Waals surface area contributed by atoms with E-state index in [1.807, 2.05) is 0 Å². The SMILES string of the molecule is [2H]C1([2H])CNCC([2H])([2H])C1OC(=O)NCC. The summed E-state index contributed by atoms with van der Waals surface area (Å²) in [7, 11) is 0. The van der Waals surface area contributed by atoms with Gasteiger partial charge in [0.1, 0.15) is 6.10 Å². The Labute approximate surface area is 78.3 Å². The van der Waals surface area contributed by atoms with Crippen LogP contribution in [0.5, 0.6) is 0 Å². The highest BCUT2D eigenvalue weighted by atomic mass is 16.6. The number of rotatable bonds is 2. The van der Waals surface area contributed by atoms with E-state index in [0.29, 0.717) is 6.54 Å². The van der Waals surface area contributed by atoms with Crippen molar-refractivity contribution in [1.82, 2.24) is 10.6 Å². The summed E-state index contributed by atoms with van der Waals surface area (Å²) in [5.41, 5.74) is 0. The number of nitrogens with one attached hydrogen (secondary N) is 2. The second-order valence-electron chi connectivity index (χ2n) is 2.33. The summed E-state index contributed by atoms with van der Waals surface area (Å²) in [5, 5.41) is 4.99. The molecule has 0 aromatic rings. The zero-order valence-electron chi connectivity index (χ0n) is 11.0. The average molecular weight is 176 g/mol. The number of amides is 1. The molecular weight excluding hydrogens is 156 g/mol. The monoisotopic (exact) mass is 176 g/mol. The van der Waals surface area contributed by atoms with E-state index in [1.165, 1.54) is 0 Å². The number of hydrogen-bond acceptors (Lipinski definition) is 3. The molecule has 0 aromatic heterocycles. The fraction of sp³-hybridized carbons (Fsp3) is 0.875. The Bertz CT molecular complexity index is 257. The number of ether oxygens (including phenoxy) is 1. The van der Waals surface area contributed by atoms with E-state index in [-0.39, 0.29) is 13.1 Å². The molecule has 0 radical (unpaired) electrons. The smallest absolute Gasteiger partial charge is 0.407 e. The zero-order valence-corrected chi connectivity index (χ0v) is 7.02. The molecule has 12 heavy (non-hydrogen) atoms. The maximum absolute atomic E-state index is 11.2. The summed E-state index contributed by atoms with van der Waals surface area (Å²) in [6, 6.07) is 0. The second-order valence-corrected chi connectivity index (χ2v) is 2.33. The van der Waals surface area contributed by atoms with E-state index in [0.717, 1.165) is 0 Å². The van der Waals surface area contributed by atoms with Gasteiger partial charge in [0.2, 0.25) is 0 Å². The van der Waals surface area contributed by atoms with Crippen LogP contribution in [0.15, 0.2) is 0 Å². The molecule has 1 amide bonds. The third-order valence-electron chi connectivity index (χ3n) is 1.37. The van der Waals surface area contributed by atoms with Gasteiger partial charge >= 0.3 is 6.09 Å². The summed E-state index contributed by atoms with van der Waals surface area (Å²) < 4.78 is 35.3. The highest BCUT2D eigenvalue weighted by Crippen LogP contribution is 2.06. The molecule has 0 unspecified atom stereocenters. The van der Waals surface area contributed by atoms with Gasteiger partial charge < -0.3 is 15.4 Å². The summed E-state index contributed by atoms with van der Waals surface area (Å²) in [4.78, 5) is 11.2. The van der Waals surface area contributed by atoms with Gasteiger partial charge in [0, 0.05) is 12.0 Å². The van der Waals surface area contributed by atoms with Crippen molar-refractivity contribution in [3.8, 4) is 0 Å². The lowest BCUT2D eigenvalue weighted by Crippen LogP contribution is -2.36. The van der Waals surface area contributed by atoms with Crippen molar-refractivity contribution in [2.75, 3.05) is 19.6 Å². The van der Waals surface area contributed by atoms with Crippen LogP contribution < -0.4 is 10.6 Å². The number of alkyl carbamates (subject to hydrolysis) is 1. The van der Waals surface area contributed by atoms with E-state index < -0.39 is 24.9 Å². The van der Waals surface area contributed by atoms with Crippen molar-refractivity contribution in [2.24, 2.45) is 0 Å². The fourth-order valence-electron chi connectivity index (χ4n) is 0.841. The van der Waals surface area contributed by atoms with Gasteiger partial charge in [-0.15, -0.1) is 0 Å². The van der Waals surface area contributed by atoms with Gasteiger partial charge in [0.05, 0.1) is 0 Å². The van der Waals surface area contributed by atoms with Gasteiger partial charge in [-0.3, -0.25) is 0 Å². The second kappa shape index (κ2) is 4.98. The Hall–Kier alpha value is -0.770. The van der Waals surface area contributed by atoms with Crippen LogP contribution in [0.25, 0.3) is 0 Å². The Morgan fingerprint density at radius 2 is 2.42 bits per heavy atom. The molecule has 0 spiro atoms. The van der Waals surface area contributed by atoms with Crippen molar-refractivity contribution >= 4 is 6.09 Å². The van der Waals surface area contributed by atoms with E-state index in [4.69, 9.17) is 10.2 Å². The molecule has 0 bridgehead atoms. The number of piperidine rings is 1. The Morgan fingerprint density at radius 1 is 1.75 bits per heavy atom. The number of hydrogen-bond donors (Lipinski definition) is 2. The van der Waals surface area contributed by atoms with Crippen molar-refractivity contribution in [1.29, 1.82) is 0 Å². The third-order valence-corrected chi connectivity index (χ3v) is 1.37. The van der Waals surface area contributed by atoms with Crippen LogP contribution in [-0.4, -0.2) is 31.8 Å². The van der Waals surface area contributed by atoms with E-state index in [2.05, 4.69) is 10.6 Å². The summed E-state index contributed by atoms with van der Waals surface area (Å²) in [6.45, 7) is 2.00. The summed E-state index contributed by atoms with van der Waals surface area (Å²) >= 11 is 0. The molecule has 1 aliphatic heterocycles. The molecule has 1 saturated heterocycles. The van der Waals surface area contributed by atoms with Gasteiger partial charge in [0.15, 0.2) is 0 Å². The van der Waals surface area contributed by atoms with Crippen LogP contribution in [0.3, 0.4) is 0 Å². The van der Waals surface area contributed by atoms with Gasteiger partial charge in [-0.05, 0) is 32.8 Å².